The first-order valence-electron chi connectivity index (χ1n) is 10.2. The maximum absolute atomic E-state index is 13.2. The van der Waals surface area contributed by atoms with Gasteiger partial charge in [-0.3, -0.25) is 0 Å². The summed E-state index contributed by atoms with van der Waals surface area (Å²) >= 11 is 0. The van der Waals surface area contributed by atoms with E-state index in [1.165, 1.54) is 12.8 Å². The minimum atomic E-state index is -3.38. The van der Waals surface area contributed by atoms with Gasteiger partial charge in [-0.05, 0) is 73.7 Å². The molecular weight excluding hydrogens is 342 g/mol. The Hall–Kier alpha value is -0.870. The SMILES string of the molecule is CC(c1ccccc1)S(=O)(=O)NC12CC3CC(C1)C(C(C)(C)C)C(C3)C2. The Morgan fingerprint density at radius 2 is 1.62 bits per heavy atom. The lowest BCUT2D eigenvalue weighted by Gasteiger charge is -2.62. The molecule has 3 nitrogen and oxygen atoms in total. The molecule has 0 saturated heterocycles. The van der Waals surface area contributed by atoms with Crippen LogP contribution < -0.4 is 4.72 Å². The lowest BCUT2D eigenvalue weighted by atomic mass is 9.45. The van der Waals surface area contributed by atoms with Gasteiger partial charge in [0, 0.05) is 5.54 Å². The number of nitrogens with one attached hydrogen (secondary N) is 1. The fourth-order valence-electron chi connectivity index (χ4n) is 6.86. The van der Waals surface area contributed by atoms with Crippen molar-refractivity contribution in [3.8, 4) is 0 Å². The monoisotopic (exact) mass is 375 g/mol. The van der Waals surface area contributed by atoms with Gasteiger partial charge in [-0.15, -0.1) is 0 Å². The maximum Gasteiger partial charge on any atom is 0.218 e. The van der Waals surface area contributed by atoms with E-state index in [9.17, 15) is 8.42 Å². The summed E-state index contributed by atoms with van der Waals surface area (Å²) < 4.78 is 29.6. The molecule has 1 aromatic carbocycles. The van der Waals surface area contributed by atoms with Crippen LogP contribution in [0.1, 0.15) is 70.6 Å². The summed E-state index contributed by atoms with van der Waals surface area (Å²) in [5.74, 6) is 2.80. The van der Waals surface area contributed by atoms with E-state index >= 15 is 0 Å². The zero-order valence-corrected chi connectivity index (χ0v) is 17.4. The summed E-state index contributed by atoms with van der Waals surface area (Å²) in [5.41, 5.74) is 0.998. The number of sulfonamides is 1. The van der Waals surface area contributed by atoms with Crippen molar-refractivity contribution in [3.63, 3.8) is 0 Å². The van der Waals surface area contributed by atoms with E-state index in [2.05, 4.69) is 25.5 Å². The highest BCUT2D eigenvalue weighted by Gasteiger charge is 2.58. The van der Waals surface area contributed by atoms with Gasteiger partial charge in [0.2, 0.25) is 10.0 Å². The molecule has 0 aromatic heterocycles. The highest BCUT2D eigenvalue weighted by Crippen LogP contribution is 2.62. The second kappa shape index (κ2) is 6.07. The van der Waals surface area contributed by atoms with Crippen LogP contribution in [-0.4, -0.2) is 14.0 Å². The molecule has 4 saturated carbocycles. The third-order valence-electron chi connectivity index (χ3n) is 7.37. The molecule has 26 heavy (non-hydrogen) atoms. The van der Waals surface area contributed by atoms with Crippen molar-refractivity contribution in [2.45, 2.75) is 70.6 Å². The molecule has 3 atom stereocenters. The predicted molar refractivity (Wildman–Crippen MR) is 106 cm³/mol. The first-order valence-corrected chi connectivity index (χ1v) is 11.7. The van der Waals surface area contributed by atoms with Gasteiger partial charge >= 0.3 is 0 Å². The summed E-state index contributed by atoms with van der Waals surface area (Å²) in [4.78, 5) is 0. The van der Waals surface area contributed by atoms with Gasteiger partial charge in [-0.2, -0.15) is 0 Å². The van der Waals surface area contributed by atoms with Gasteiger partial charge in [0.1, 0.15) is 0 Å². The number of hydrogen-bond acceptors (Lipinski definition) is 2. The highest BCUT2D eigenvalue weighted by molar-refractivity contribution is 7.89. The molecule has 1 aromatic rings. The second-order valence-electron chi connectivity index (χ2n) is 10.3. The van der Waals surface area contributed by atoms with E-state index in [4.69, 9.17) is 0 Å². The summed E-state index contributed by atoms with van der Waals surface area (Å²) in [7, 11) is -3.38. The Morgan fingerprint density at radius 1 is 1.04 bits per heavy atom. The van der Waals surface area contributed by atoms with Crippen LogP contribution in [-0.2, 0) is 10.0 Å². The average molecular weight is 376 g/mol. The van der Waals surface area contributed by atoms with Crippen LogP contribution >= 0.6 is 0 Å². The van der Waals surface area contributed by atoms with Gasteiger partial charge in [0.15, 0.2) is 0 Å². The Labute approximate surface area is 159 Å². The number of hydrogen-bond donors (Lipinski definition) is 1. The maximum atomic E-state index is 13.2. The first kappa shape index (κ1) is 18.5. The van der Waals surface area contributed by atoms with Crippen LogP contribution in [0, 0.1) is 29.1 Å². The quantitative estimate of drug-likeness (QED) is 0.813. The van der Waals surface area contributed by atoms with Crippen molar-refractivity contribution in [1.29, 1.82) is 0 Å². The van der Waals surface area contributed by atoms with Crippen molar-refractivity contribution in [1.82, 2.24) is 4.72 Å². The molecule has 4 fully saturated rings. The van der Waals surface area contributed by atoms with E-state index in [1.54, 1.807) is 0 Å². The molecule has 0 aliphatic heterocycles. The minimum Gasteiger partial charge on any atom is -0.212 e. The van der Waals surface area contributed by atoms with Gasteiger partial charge < -0.3 is 0 Å². The zero-order valence-electron chi connectivity index (χ0n) is 16.5. The Bertz CT molecular complexity index is 749. The lowest BCUT2D eigenvalue weighted by molar-refractivity contribution is -0.0970. The molecule has 4 aliphatic rings. The first-order chi connectivity index (χ1) is 12.1. The van der Waals surface area contributed by atoms with Gasteiger partial charge in [0.25, 0.3) is 0 Å². The van der Waals surface area contributed by atoms with E-state index in [-0.39, 0.29) is 5.54 Å². The topological polar surface area (TPSA) is 46.2 Å². The van der Waals surface area contributed by atoms with Crippen LogP contribution in [0.2, 0.25) is 0 Å². The third-order valence-corrected chi connectivity index (χ3v) is 9.29. The Morgan fingerprint density at radius 3 is 2.15 bits per heavy atom. The molecule has 5 rings (SSSR count). The highest BCUT2D eigenvalue weighted by atomic mass is 32.2. The second-order valence-corrected chi connectivity index (χ2v) is 12.3. The normalized spacial score (nSPS) is 37.7. The van der Waals surface area contributed by atoms with Crippen molar-refractivity contribution in [2.24, 2.45) is 29.1 Å². The Kier molecular flexibility index (Phi) is 4.31. The largest absolute Gasteiger partial charge is 0.218 e. The summed E-state index contributed by atoms with van der Waals surface area (Å²) in [6.07, 6.45) is 5.70. The van der Waals surface area contributed by atoms with Crippen molar-refractivity contribution in [2.75, 3.05) is 0 Å². The molecule has 4 bridgehead atoms. The molecule has 4 heteroatoms. The van der Waals surface area contributed by atoms with Crippen molar-refractivity contribution in [3.05, 3.63) is 35.9 Å². The summed E-state index contributed by atoms with van der Waals surface area (Å²) in [6, 6.07) is 9.60. The van der Waals surface area contributed by atoms with E-state index in [0.29, 0.717) is 23.2 Å². The fraction of sp³-hybridized carbons (Fsp3) is 0.727. The van der Waals surface area contributed by atoms with Gasteiger partial charge in [0.05, 0.1) is 5.25 Å². The molecule has 1 N–H and O–H groups in total. The predicted octanol–water partition coefficient (Wildman–Crippen LogP) is 4.91. The van der Waals surface area contributed by atoms with E-state index in [0.717, 1.165) is 30.7 Å². The van der Waals surface area contributed by atoms with Gasteiger partial charge in [-0.25, -0.2) is 13.1 Å². The van der Waals surface area contributed by atoms with E-state index < -0.39 is 15.3 Å². The third kappa shape index (κ3) is 3.13. The lowest BCUT2D eigenvalue weighted by Crippen LogP contribution is -2.64. The van der Waals surface area contributed by atoms with Crippen LogP contribution in [0.25, 0.3) is 0 Å². The van der Waals surface area contributed by atoms with Crippen molar-refractivity contribution < 1.29 is 8.42 Å². The van der Waals surface area contributed by atoms with Crippen LogP contribution in [0.15, 0.2) is 30.3 Å². The minimum absolute atomic E-state index is 0.194. The molecular formula is C22H33NO2S. The standard InChI is InChI=1S/C22H33NO2S/c1-15(17-8-6-5-7-9-17)26(24,25)23-22-12-16-10-18(13-22)20(21(2,3)4)19(11-16)14-22/h5-9,15-16,18-20,23H,10-14H2,1-4H3. The van der Waals surface area contributed by atoms with Crippen LogP contribution in [0.4, 0.5) is 0 Å². The molecule has 0 heterocycles. The number of benzene rings is 1. The number of rotatable bonds is 4. The molecule has 3 unspecified atom stereocenters. The van der Waals surface area contributed by atoms with Crippen LogP contribution in [0.3, 0.4) is 0 Å². The summed E-state index contributed by atoms with van der Waals surface area (Å²) in [6.45, 7) is 8.92. The fourth-order valence-corrected chi connectivity index (χ4v) is 8.40. The molecule has 4 aliphatic carbocycles. The molecule has 0 amide bonds. The smallest absolute Gasteiger partial charge is 0.212 e. The van der Waals surface area contributed by atoms with Crippen molar-refractivity contribution >= 4 is 10.0 Å². The van der Waals surface area contributed by atoms with E-state index in [1.807, 2.05) is 37.3 Å². The summed E-state index contributed by atoms with van der Waals surface area (Å²) in [5, 5.41) is -0.505. The van der Waals surface area contributed by atoms with Gasteiger partial charge in [-0.1, -0.05) is 51.1 Å². The molecule has 0 spiro atoms. The van der Waals surface area contributed by atoms with Crippen LogP contribution in [0.5, 0.6) is 0 Å². The zero-order chi connectivity index (χ0) is 18.7. The Balaban J connectivity index is 1.58. The molecule has 0 radical (unpaired) electrons. The molecule has 144 valence electrons. The average Bonchev–Trinajstić information content (AvgIpc) is 2.51.